The van der Waals surface area contributed by atoms with Gasteiger partial charge < -0.3 is 14.2 Å². The van der Waals surface area contributed by atoms with E-state index in [-0.39, 0.29) is 18.9 Å². The van der Waals surface area contributed by atoms with Crippen molar-refractivity contribution in [1.82, 2.24) is 0 Å². The first kappa shape index (κ1) is 17.7. The molecule has 0 amide bonds. The SMILES string of the molecule is CCC(C)(C)C(=O)OCCOC(Cc1ccccc1)OC. The number of benzene rings is 1. The Bertz CT molecular complexity index is 414. The summed E-state index contributed by atoms with van der Waals surface area (Å²) in [6, 6.07) is 9.99. The van der Waals surface area contributed by atoms with Gasteiger partial charge in [0.05, 0.1) is 12.0 Å². The second-order valence-corrected chi connectivity index (χ2v) is 5.60. The summed E-state index contributed by atoms with van der Waals surface area (Å²) in [6.45, 7) is 6.31. The largest absolute Gasteiger partial charge is 0.463 e. The van der Waals surface area contributed by atoms with Gasteiger partial charge in [-0.15, -0.1) is 0 Å². The van der Waals surface area contributed by atoms with E-state index in [2.05, 4.69) is 0 Å². The van der Waals surface area contributed by atoms with Crippen LogP contribution in [0.25, 0.3) is 0 Å². The molecule has 0 bridgehead atoms. The molecule has 1 aromatic rings. The maximum absolute atomic E-state index is 11.8. The molecule has 0 aliphatic carbocycles. The van der Waals surface area contributed by atoms with Crippen LogP contribution >= 0.6 is 0 Å². The lowest BCUT2D eigenvalue weighted by Gasteiger charge is -2.21. The molecule has 1 rings (SSSR count). The number of hydrogen-bond acceptors (Lipinski definition) is 4. The first-order valence-electron chi connectivity index (χ1n) is 7.35. The molecule has 4 heteroatoms. The summed E-state index contributed by atoms with van der Waals surface area (Å²) in [4.78, 5) is 11.8. The van der Waals surface area contributed by atoms with Crippen LogP contribution in [0.5, 0.6) is 0 Å². The van der Waals surface area contributed by atoms with Crippen molar-refractivity contribution in [1.29, 1.82) is 0 Å². The lowest BCUT2D eigenvalue weighted by atomic mass is 9.91. The van der Waals surface area contributed by atoms with Crippen molar-refractivity contribution in [3.8, 4) is 0 Å². The molecule has 0 spiro atoms. The average Bonchev–Trinajstić information content (AvgIpc) is 2.50. The monoisotopic (exact) mass is 294 g/mol. The second-order valence-electron chi connectivity index (χ2n) is 5.60. The molecule has 0 saturated carbocycles. The maximum Gasteiger partial charge on any atom is 0.311 e. The fraction of sp³-hybridized carbons (Fsp3) is 0.588. The van der Waals surface area contributed by atoms with E-state index < -0.39 is 5.41 Å². The summed E-state index contributed by atoms with van der Waals surface area (Å²) < 4.78 is 16.1. The number of rotatable bonds is 9. The molecule has 0 aliphatic heterocycles. The van der Waals surface area contributed by atoms with Gasteiger partial charge in [0, 0.05) is 13.5 Å². The summed E-state index contributed by atoms with van der Waals surface area (Å²) in [5.41, 5.74) is 0.707. The number of carbonyl (C=O) groups is 1. The minimum Gasteiger partial charge on any atom is -0.463 e. The Kier molecular flexibility index (Phi) is 7.40. The van der Waals surface area contributed by atoms with Crippen molar-refractivity contribution in [3.05, 3.63) is 35.9 Å². The van der Waals surface area contributed by atoms with E-state index in [1.165, 1.54) is 0 Å². The van der Waals surface area contributed by atoms with Crippen molar-refractivity contribution in [3.63, 3.8) is 0 Å². The molecule has 0 N–H and O–H groups in total. The molecule has 118 valence electrons. The molecule has 0 fully saturated rings. The molecule has 0 heterocycles. The molecule has 1 aromatic carbocycles. The topological polar surface area (TPSA) is 44.8 Å². The standard InChI is InChI=1S/C17H26O4/c1-5-17(2,3)16(18)21-12-11-20-15(19-4)13-14-9-7-6-8-10-14/h6-10,15H,5,11-13H2,1-4H3. The van der Waals surface area contributed by atoms with E-state index in [9.17, 15) is 4.79 Å². The van der Waals surface area contributed by atoms with Crippen LogP contribution in [-0.4, -0.2) is 32.6 Å². The van der Waals surface area contributed by atoms with Crippen molar-refractivity contribution in [2.45, 2.75) is 39.9 Å². The number of esters is 1. The average molecular weight is 294 g/mol. The van der Waals surface area contributed by atoms with E-state index in [1.807, 2.05) is 51.1 Å². The highest BCUT2D eigenvalue weighted by molar-refractivity contribution is 5.75. The Hall–Kier alpha value is -1.39. The maximum atomic E-state index is 11.8. The van der Waals surface area contributed by atoms with Gasteiger partial charge in [-0.1, -0.05) is 37.3 Å². The minimum atomic E-state index is -0.440. The molecule has 1 unspecified atom stereocenters. The van der Waals surface area contributed by atoms with Crippen molar-refractivity contribution >= 4 is 5.97 Å². The number of ether oxygens (including phenoxy) is 3. The van der Waals surface area contributed by atoms with E-state index in [0.717, 1.165) is 12.0 Å². The highest BCUT2D eigenvalue weighted by atomic mass is 16.7. The Balaban J connectivity index is 2.28. The Labute approximate surface area is 127 Å². The van der Waals surface area contributed by atoms with Crippen molar-refractivity contribution < 1.29 is 19.0 Å². The third-order valence-corrected chi connectivity index (χ3v) is 3.56. The van der Waals surface area contributed by atoms with Gasteiger partial charge in [0.25, 0.3) is 0 Å². The van der Waals surface area contributed by atoms with Gasteiger partial charge in [0.2, 0.25) is 0 Å². The van der Waals surface area contributed by atoms with E-state index in [1.54, 1.807) is 7.11 Å². The summed E-state index contributed by atoms with van der Waals surface area (Å²) in [5, 5.41) is 0. The quantitative estimate of drug-likeness (QED) is 0.398. The number of carbonyl (C=O) groups excluding carboxylic acids is 1. The summed E-state index contributed by atoms with van der Waals surface area (Å²) >= 11 is 0. The van der Waals surface area contributed by atoms with Gasteiger partial charge in [-0.2, -0.15) is 0 Å². The predicted octanol–water partition coefficient (Wildman–Crippen LogP) is 3.20. The lowest BCUT2D eigenvalue weighted by Crippen LogP contribution is -2.28. The molecule has 0 aliphatic rings. The van der Waals surface area contributed by atoms with Gasteiger partial charge in [-0.25, -0.2) is 0 Å². The van der Waals surface area contributed by atoms with Gasteiger partial charge in [-0.3, -0.25) is 4.79 Å². The van der Waals surface area contributed by atoms with Crippen LogP contribution in [0, 0.1) is 5.41 Å². The van der Waals surface area contributed by atoms with E-state index in [0.29, 0.717) is 13.0 Å². The van der Waals surface area contributed by atoms with Gasteiger partial charge in [0.1, 0.15) is 6.61 Å². The summed E-state index contributed by atoms with van der Waals surface area (Å²) in [5.74, 6) is -0.189. The number of methoxy groups -OCH3 is 1. The summed E-state index contributed by atoms with van der Waals surface area (Å²) in [6.07, 6.45) is 1.10. The highest BCUT2D eigenvalue weighted by Gasteiger charge is 2.26. The van der Waals surface area contributed by atoms with Crippen LogP contribution < -0.4 is 0 Å². The van der Waals surface area contributed by atoms with Crippen LogP contribution in [0.15, 0.2) is 30.3 Å². The Morgan fingerprint density at radius 3 is 2.43 bits per heavy atom. The number of hydrogen-bond donors (Lipinski definition) is 0. The van der Waals surface area contributed by atoms with Crippen molar-refractivity contribution in [2.24, 2.45) is 5.41 Å². The van der Waals surface area contributed by atoms with Crippen LogP contribution in [-0.2, 0) is 25.4 Å². The molecule has 21 heavy (non-hydrogen) atoms. The van der Waals surface area contributed by atoms with Crippen LogP contribution in [0.1, 0.15) is 32.8 Å². The first-order valence-corrected chi connectivity index (χ1v) is 7.35. The zero-order chi connectivity index (χ0) is 15.7. The Morgan fingerprint density at radius 1 is 1.19 bits per heavy atom. The fourth-order valence-electron chi connectivity index (χ4n) is 1.67. The molecule has 0 aromatic heterocycles. The van der Waals surface area contributed by atoms with Gasteiger partial charge >= 0.3 is 5.97 Å². The third kappa shape index (κ3) is 6.27. The molecule has 0 radical (unpaired) electrons. The highest BCUT2D eigenvalue weighted by Crippen LogP contribution is 2.21. The molecule has 0 saturated heterocycles. The zero-order valence-corrected chi connectivity index (χ0v) is 13.4. The first-order chi connectivity index (χ1) is 9.99. The Morgan fingerprint density at radius 2 is 1.86 bits per heavy atom. The zero-order valence-electron chi connectivity index (χ0n) is 13.4. The van der Waals surface area contributed by atoms with E-state index in [4.69, 9.17) is 14.2 Å². The lowest BCUT2D eigenvalue weighted by molar-refractivity contribution is -0.163. The summed E-state index contributed by atoms with van der Waals surface area (Å²) in [7, 11) is 1.61. The van der Waals surface area contributed by atoms with Crippen molar-refractivity contribution in [2.75, 3.05) is 20.3 Å². The normalized spacial score (nSPS) is 13.0. The van der Waals surface area contributed by atoms with E-state index >= 15 is 0 Å². The minimum absolute atomic E-state index is 0.189. The van der Waals surface area contributed by atoms with Gasteiger partial charge in [0.15, 0.2) is 6.29 Å². The molecule has 4 nitrogen and oxygen atoms in total. The van der Waals surface area contributed by atoms with Gasteiger partial charge in [-0.05, 0) is 25.8 Å². The van der Waals surface area contributed by atoms with Crippen LogP contribution in [0.3, 0.4) is 0 Å². The smallest absolute Gasteiger partial charge is 0.311 e. The third-order valence-electron chi connectivity index (χ3n) is 3.56. The predicted molar refractivity (Wildman–Crippen MR) is 81.9 cm³/mol. The van der Waals surface area contributed by atoms with Crippen LogP contribution in [0.4, 0.5) is 0 Å². The molecular formula is C17H26O4. The molecular weight excluding hydrogens is 268 g/mol. The second kappa shape index (κ2) is 8.80. The fourth-order valence-corrected chi connectivity index (χ4v) is 1.67. The molecule has 1 atom stereocenters. The van der Waals surface area contributed by atoms with Crippen LogP contribution in [0.2, 0.25) is 0 Å².